The molecule has 1 aliphatic carbocycles. The van der Waals surface area contributed by atoms with Crippen LogP contribution < -0.4 is 0 Å². The van der Waals surface area contributed by atoms with E-state index in [0.717, 1.165) is 0 Å². The first-order valence-corrected chi connectivity index (χ1v) is 5.86. The Labute approximate surface area is 99.3 Å². The first-order valence-electron chi connectivity index (χ1n) is 5.86. The van der Waals surface area contributed by atoms with E-state index < -0.39 is 11.4 Å². The Balaban J connectivity index is 2.00. The summed E-state index contributed by atoms with van der Waals surface area (Å²) in [6.07, 6.45) is 5.46. The molecule has 94 valence electrons. The number of nitrogens with zero attached hydrogens (tertiary/aromatic N) is 3. The molecular weight excluding hydrogens is 222 g/mol. The van der Waals surface area contributed by atoms with E-state index in [1.807, 2.05) is 0 Å². The highest BCUT2D eigenvalue weighted by Crippen LogP contribution is 2.40. The first-order chi connectivity index (χ1) is 8.12. The van der Waals surface area contributed by atoms with E-state index >= 15 is 0 Å². The minimum Gasteiger partial charge on any atom is -0.481 e. The third kappa shape index (κ3) is 2.63. The predicted octanol–water partition coefficient (Wildman–Crippen LogP) is 0.674. The largest absolute Gasteiger partial charge is 0.481 e. The summed E-state index contributed by atoms with van der Waals surface area (Å²) in [7, 11) is 0. The van der Waals surface area contributed by atoms with Crippen molar-refractivity contribution in [2.45, 2.75) is 44.8 Å². The minimum atomic E-state index is -0.760. The van der Waals surface area contributed by atoms with Crippen LogP contribution in [-0.2, 0) is 11.3 Å². The number of aliphatic hydroxyl groups is 1. The Bertz CT molecular complexity index is 369. The van der Waals surface area contributed by atoms with E-state index in [0.29, 0.717) is 38.6 Å². The Kier molecular flexibility index (Phi) is 3.42. The van der Waals surface area contributed by atoms with Crippen LogP contribution in [0.1, 0.15) is 32.1 Å². The zero-order chi connectivity index (χ0) is 12.3. The minimum absolute atomic E-state index is 0.339. The third-order valence-electron chi connectivity index (χ3n) is 3.65. The molecule has 6 heteroatoms. The summed E-state index contributed by atoms with van der Waals surface area (Å²) >= 11 is 0. The normalized spacial score (nSPS) is 29.1. The molecule has 2 N–H and O–H groups in total. The van der Waals surface area contributed by atoms with Crippen molar-refractivity contribution < 1.29 is 15.0 Å². The maximum atomic E-state index is 11.4. The van der Waals surface area contributed by atoms with Gasteiger partial charge in [0.25, 0.3) is 0 Å². The number of aromatic nitrogens is 3. The number of rotatable bonds is 4. The fourth-order valence-electron chi connectivity index (χ4n) is 2.40. The Morgan fingerprint density at radius 2 is 2.18 bits per heavy atom. The van der Waals surface area contributed by atoms with Gasteiger partial charge in [-0.3, -0.25) is 9.48 Å². The molecule has 1 saturated carbocycles. The molecule has 0 aromatic carbocycles. The van der Waals surface area contributed by atoms with Crippen molar-refractivity contribution in [1.82, 2.24) is 14.8 Å². The number of carboxylic acid groups (broad SMARTS) is 1. The molecule has 0 bridgehead atoms. The second kappa shape index (κ2) is 4.83. The molecule has 2 rings (SSSR count). The highest BCUT2D eigenvalue weighted by molar-refractivity contribution is 5.74. The lowest BCUT2D eigenvalue weighted by molar-refractivity contribution is -0.153. The van der Waals surface area contributed by atoms with Crippen LogP contribution in [0.15, 0.2) is 12.7 Å². The molecule has 1 aliphatic rings. The maximum absolute atomic E-state index is 11.4. The lowest BCUT2D eigenvalue weighted by Gasteiger charge is -2.35. The summed E-state index contributed by atoms with van der Waals surface area (Å²) < 4.78 is 1.65. The van der Waals surface area contributed by atoms with Crippen LogP contribution in [0.4, 0.5) is 0 Å². The van der Waals surface area contributed by atoms with Gasteiger partial charge >= 0.3 is 5.97 Å². The van der Waals surface area contributed by atoms with Crippen molar-refractivity contribution >= 4 is 5.97 Å². The van der Waals surface area contributed by atoms with E-state index in [1.165, 1.54) is 6.33 Å². The van der Waals surface area contributed by atoms with E-state index in [2.05, 4.69) is 10.1 Å². The van der Waals surface area contributed by atoms with Crippen LogP contribution in [0, 0.1) is 5.41 Å². The molecule has 1 heterocycles. The van der Waals surface area contributed by atoms with Gasteiger partial charge in [0.05, 0.1) is 11.5 Å². The zero-order valence-corrected chi connectivity index (χ0v) is 9.62. The molecular formula is C11H17N3O3. The molecule has 0 unspecified atom stereocenters. The molecule has 0 spiro atoms. The summed E-state index contributed by atoms with van der Waals surface area (Å²) in [4.78, 5) is 15.2. The van der Waals surface area contributed by atoms with Crippen LogP contribution >= 0.6 is 0 Å². The summed E-state index contributed by atoms with van der Waals surface area (Å²) in [6, 6.07) is 0. The van der Waals surface area contributed by atoms with Crippen molar-refractivity contribution in [2.24, 2.45) is 5.41 Å². The van der Waals surface area contributed by atoms with E-state index in [-0.39, 0.29) is 6.10 Å². The Hall–Kier alpha value is -1.43. The number of aliphatic hydroxyl groups excluding tert-OH is 1. The highest BCUT2D eigenvalue weighted by Gasteiger charge is 2.41. The molecule has 1 aromatic heterocycles. The van der Waals surface area contributed by atoms with Gasteiger partial charge in [-0.25, -0.2) is 4.98 Å². The average molecular weight is 239 g/mol. The highest BCUT2D eigenvalue weighted by atomic mass is 16.4. The molecule has 17 heavy (non-hydrogen) atoms. The first kappa shape index (κ1) is 12.0. The van der Waals surface area contributed by atoms with Crippen molar-refractivity contribution in [2.75, 3.05) is 0 Å². The lowest BCUT2D eigenvalue weighted by atomic mass is 9.71. The summed E-state index contributed by atoms with van der Waals surface area (Å²) in [6.45, 7) is 0.558. The second-order valence-corrected chi connectivity index (χ2v) is 4.73. The number of hydrogen-bond acceptors (Lipinski definition) is 4. The number of carboxylic acids is 1. The molecule has 0 saturated heterocycles. The van der Waals surface area contributed by atoms with Gasteiger partial charge in [0, 0.05) is 6.54 Å². The fraction of sp³-hybridized carbons (Fsp3) is 0.727. The van der Waals surface area contributed by atoms with Gasteiger partial charge < -0.3 is 10.2 Å². The van der Waals surface area contributed by atoms with Crippen molar-refractivity contribution in [1.29, 1.82) is 0 Å². The zero-order valence-electron chi connectivity index (χ0n) is 9.62. The number of carbonyl (C=O) groups is 1. The smallest absolute Gasteiger partial charge is 0.309 e. The third-order valence-corrected chi connectivity index (χ3v) is 3.65. The quantitative estimate of drug-likeness (QED) is 0.806. The molecule has 0 aliphatic heterocycles. The van der Waals surface area contributed by atoms with Gasteiger partial charge in [0.1, 0.15) is 12.7 Å². The van der Waals surface area contributed by atoms with Gasteiger partial charge in [-0.05, 0) is 32.1 Å². The lowest BCUT2D eigenvalue weighted by Crippen LogP contribution is -2.37. The Morgan fingerprint density at radius 3 is 2.71 bits per heavy atom. The van der Waals surface area contributed by atoms with Crippen LogP contribution in [0.3, 0.4) is 0 Å². The van der Waals surface area contributed by atoms with Gasteiger partial charge in [0.2, 0.25) is 0 Å². The fourth-order valence-corrected chi connectivity index (χ4v) is 2.40. The van der Waals surface area contributed by atoms with Crippen LogP contribution in [0.25, 0.3) is 0 Å². The monoisotopic (exact) mass is 239 g/mol. The topological polar surface area (TPSA) is 88.2 Å². The van der Waals surface area contributed by atoms with Crippen molar-refractivity contribution in [3.8, 4) is 0 Å². The van der Waals surface area contributed by atoms with Gasteiger partial charge in [-0.2, -0.15) is 5.10 Å². The summed E-state index contributed by atoms with van der Waals surface area (Å²) in [5.74, 6) is -0.760. The number of aryl methyl sites for hydroxylation is 1. The van der Waals surface area contributed by atoms with E-state index in [4.69, 9.17) is 0 Å². The van der Waals surface area contributed by atoms with E-state index in [1.54, 1.807) is 11.0 Å². The molecule has 1 aromatic rings. The average Bonchev–Trinajstić information content (AvgIpc) is 2.81. The molecule has 1 fully saturated rings. The van der Waals surface area contributed by atoms with Crippen LogP contribution in [0.2, 0.25) is 0 Å². The van der Waals surface area contributed by atoms with Gasteiger partial charge in [0.15, 0.2) is 0 Å². The number of aliphatic carboxylic acids is 1. The van der Waals surface area contributed by atoms with Crippen molar-refractivity contribution in [3.05, 3.63) is 12.7 Å². The predicted molar refractivity (Wildman–Crippen MR) is 59.2 cm³/mol. The van der Waals surface area contributed by atoms with E-state index in [9.17, 15) is 15.0 Å². The Morgan fingerprint density at radius 1 is 1.47 bits per heavy atom. The van der Waals surface area contributed by atoms with Crippen LogP contribution in [-0.4, -0.2) is 37.1 Å². The maximum Gasteiger partial charge on any atom is 0.309 e. The standard InChI is InChI=1S/C11H17N3O3/c15-9-1-3-11(4-2-9,10(16)17)5-6-14-8-12-7-13-14/h7-9,15H,1-6H2,(H,16,17). The second-order valence-electron chi connectivity index (χ2n) is 4.73. The SMILES string of the molecule is O=C(O)C1(CCn2cncn2)CCC(O)CC1. The summed E-state index contributed by atoms with van der Waals surface area (Å²) in [5.41, 5.74) is -0.703. The molecule has 0 radical (unpaired) electrons. The molecule has 0 amide bonds. The van der Waals surface area contributed by atoms with Gasteiger partial charge in [-0.15, -0.1) is 0 Å². The number of hydrogen-bond donors (Lipinski definition) is 2. The van der Waals surface area contributed by atoms with Crippen LogP contribution in [0.5, 0.6) is 0 Å². The molecule has 0 atom stereocenters. The van der Waals surface area contributed by atoms with Gasteiger partial charge in [-0.1, -0.05) is 0 Å². The summed E-state index contributed by atoms with van der Waals surface area (Å²) in [5, 5.41) is 22.8. The molecule has 6 nitrogen and oxygen atoms in total. The van der Waals surface area contributed by atoms with Crippen molar-refractivity contribution in [3.63, 3.8) is 0 Å².